The van der Waals surface area contributed by atoms with Crippen molar-refractivity contribution in [1.29, 1.82) is 0 Å². The zero-order valence-electron chi connectivity index (χ0n) is 13.2. The van der Waals surface area contributed by atoms with Gasteiger partial charge in [-0.15, -0.1) is 12.4 Å². The van der Waals surface area contributed by atoms with Gasteiger partial charge in [0.1, 0.15) is 0 Å². The highest BCUT2D eigenvalue weighted by Gasteiger charge is 2.32. The van der Waals surface area contributed by atoms with Crippen molar-refractivity contribution >= 4 is 24.2 Å². The Kier molecular flexibility index (Phi) is 6.50. The van der Waals surface area contributed by atoms with Gasteiger partial charge in [0.25, 0.3) is 0 Å². The van der Waals surface area contributed by atoms with Crippen molar-refractivity contribution in [3.8, 4) is 0 Å². The molecule has 3 fully saturated rings. The molecular formula is C16H28ClN3O2. The molecule has 2 amide bonds. The van der Waals surface area contributed by atoms with E-state index in [1.54, 1.807) is 0 Å². The summed E-state index contributed by atoms with van der Waals surface area (Å²) in [4.78, 5) is 26.7. The highest BCUT2D eigenvalue weighted by atomic mass is 35.5. The van der Waals surface area contributed by atoms with E-state index >= 15 is 0 Å². The second-order valence-electron chi connectivity index (χ2n) is 6.86. The molecule has 126 valence electrons. The van der Waals surface area contributed by atoms with Crippen LogP contribution < -0.4 is 10.6 Å². The Hall–Kier alpha value is -0.810. The van der Waals surface area contributed by atoms with Gasteiger partial charge in [-0.2, -0.15) is 0 Å². The van der Waals surface area contributed by atoms with Crippen LogP contribution in [-0.4, -0.2) is 49.4 Å². The largest absolute Gasteiger partial charge is 0.356 e. The number of halogens is 1. The molecule has 2 aliphatic heterocycles. The number of likely N-dealkylation sites (tertiary alicyclic amines) is 1. The van der Waals surface area contributed by atoms with Crippen LogP contribution in [0, 0.1) is 17.8 Å². The molecule has 3 rings (SSSR count). The maximum Gasteiger partial charge on any atom is 0.226 e. The van der Waals surface area contributed by atoms with Gasteiger partial charge in [-0.05, 0) is 51.0 Å². The van der Waals surface area contributed by atoms with E-state index < -0.39 is 0 Å². The predicted octanol–water partition coefficient (Wildman–Crippen LogP) is 1.17. The van der Waals surface area contributed by atoms with Crippen molar-refractivity contribution < 1.29 is 9.59 Å². The molecule has 2 saturated heterocycles. The monoisotopic (exact) mass is 329 g/mol. The van der Waals surface area contributed by atoms with Crippen LogP contribution in [0.25, 0.3) is 0 Å². The molecule has 0 aromatic heterocycles. The maximum atomic E-state index is 12.6. The first-order valence-electron chi connectivity index (χ1n) is 8.51. The molecular weight excluding hydrogens is 302 g/mol. The Morgan fingerprint density at radius 2 is 1.86 bits per heavy atom. The maximum absolute atomic E-state index is 12.6. The summed E-state index contributed by atoms with van der Waals surface area (Å²) in [7, 11) is 0. The lowest BCUT2D eigenvalue weighted by Crippen LogP contribution is -2.49. The number of rotatable bonds is 4. The Balaban J connectivity index is 0.00000176. The minimum absolute atomic E-state index is 0. The zero-order chi connectivity index (χ0) is 14.7. The molecule has 0 bridgehead atoms. The highest BCUT2D eigenvalue weighted by molar-refractivity contribution is 5.85. The van der Waals surface area contributed by atoms with Gasteiger partial charge in [0, 0.05) is 26.2 Å². The quantitative estimate of drug-likeness (QED) is 0.814. The van der Waals surface area contributed by atoms with Crippen LogP contribution in [0.5, 0.6) is 0 Å². The molecule has 22 heavy (non-hydrogen) atoms. The fourth-order valence-electron chi connectivity index (χ4n) is 3.42. The lowest BCUT2D eigenvalue weighted by molar-refractivity contribution is -0.139. The minimum Gasteiger partial charge on any atom is -0.356 e. The Labute approximate surface area is 139 Å². The third kappa shape index (κ3) is 4.59. The number of nitrogens with one attached hydrogen (secondary N) is 2. The van der Waals surface area contributed by atoms with E-state index in [2.05, 4.69) is 10.6 Å². The number of carbonyl (C=O) groups is 2. The lowest BCUT2D eigenvalue weighted by atomic mass is 9.93. The number of amides is 2. The van der Waals surface area contributed by atoms with Crippen LogP contribution in [0.15, 0.2) is 0 Å². The smallest absolute Gasteiger partial charge is 0.226 e. The summed E-state index contributed by atoms with van der Waals surface area (Å²) in [5.74, 6) is 1.23. The third-order valence-corrected chi connectivity index (χ3v) is 5.01. The Bertz CT molecular complexity index is 395. The van der Waals surface area contributed by atoms with Crippen molar-refractivity contribution in [2.75, 3.05) is 32.7 Å². The van der Waals surface area contributed by atoms with E-state index in [1.165, 1.54) is 12.8 Å². The van der Waals surface area contributed by atoms with Gasteiger partial charge in [-0.25, -0.2) is 0 Å². The molecule has 2 N–H and O–H groups in total. The van der Waals surface area contributed by atoms with Crippen LogP contribution in [0.2, 0.25) is 0 Å². The first kappa shape index (κ1) is 17.5. The fourth-order valence-corrected chi connectivity index (χ4v) is 3.42. The molecule has 0 aromatic rings. The molecule has 1 saturated carbocycles. The van der Waals surface area contributed by atoms with Crippen molar-refractivity contribution in [2.45, 2.75) is 38.5 Å². The van der Waals surface area contributed by atoms with Gasteiger partial charge in [-0.1, -0.05) is 0 Å². The average molecular weight is 330 g/mol. The van der Waals surface area contributed by atoms with Gasteiger partial charge >= 0.3 is 0 Å². The normalized spacial score (nSPS) is 28.6. The van der Waals surface area contributed by atoms with Gasteiger partial charge < -0.3 is 15.5 Å². The summed E-state index contributed by atoms with van der Waals surface area (Å²) in [6.07, 6.45) is 6.45. The number of hydrogen-bond donors (Lipinski definition) is 2. The van der Waals surface area contributed by atoms with E-state index in [1.807, 2.05) is 4.90 Å². The van der Waals surface area contributed by atoms with Crippen LogP contribution in [0.3, 0.4) is 0 Å². The van der Waals surface area contributed by atoms with E-state index in [-0.39, 0.29) is 36.1 Å². The third-order valence-electron chi connectivity index (χ3n) is 5.01. The van der Waals surface area contributed by atoms with Gasteiger partial charge in [0.2, 0.25) is 11.8 Å². The minimum atomic E-state index is -0.00185. The van der Waals surface area contributed by atoms with E-state index in [9.17, 15) is 9.59 Å². The van der Waals surface area contributed by atoms with E-state index in [4.69, 9.17) is 0 Å². The summed E-state index contributed by atoms with van der Waals surface area (Å²) >= 11 is 0. The summed E-state index contributed by atoms with van der Waals surface area (Å²) in [6.45, 7) is 4.09. The molecule has 1 aliphatic carbocycles. The zero-order valence-corrected chi connectivity index (χ0v) is 14.0. The molecule has 2 atom stereocenters. The molecule has 5 nitrogen and oxygen atoms in total. The van der Waals surface area contributed by atoms with Crippen LogP contribution >= 0.6 is 12.4 Å². The Morgan fingerprint density at radius 3 is 2.55 bits per heavy atom. The van der Waals surface area contributed by atoms with Crippen molar-refractivity contribution in [1.82, 2.24) is 15.5 Å². The summed E-state index contributed by atoms with van der Waals surface area (Å²) in [5.41, 5.74) is 0. The number of piperidine rings is 2. The van der Waals surface area contributed by atoms with E-state index in [0.717, 1.165) is 51.9 Å². The topological polar surface area (TPSA) is 61.4 Å². The highest BCUT2D eigenvalue weighted by Crippen LogP contribution is 2.28. The first-order chi connectivity index (χ1) is 10.2. The number of carbonyl (C=O) groups excluding carboxylic acids is 2. The van der Waals surface area contributed by atoms with Gasteiger partial charge in [-0.3, -0.25) is 9.59 Å². The second-order valence-corrected chi connectivity index (χ2v) is 6.86. The number of hydrogen-bond acceptors (Lipinski definition) is 3. The van der Waals surface area contributed by atoms with E-state index in [0.29, 0.717) is 12.5 Å². The standard InChI is InChI=1S/C16H27N3O2.ClH/c20-15(18-9-12-5-6-12)14-4-2-8-19(11-14)16(21)13-3-1-7-17-10-13;/h12-14,17H,1-11H2,(H,18,20);1H. The average Bonchev–Trinajstić information content (AvgIpc) is 3.37. The molecule has 2 unspecified atom stereocenters. The number of nitrogens with zero attached hydrogens (tertiary/aromatic N) is 1. The molecule has 2 heterocycles. The second kappa shape index (κ2) is 8.16. The fraction of sp³-hybridized carbons (Fsp3) is 0.875. The first-order valence-corrected chi connectivity index (χ1v) is 8.51. The summed E-state index contributed by atoms with van der Waals surface area (Å²) < 4.78 is 0. The van der Waals surface area contributed by atoms with Gasteiger partial charge in [0.05, 0.1) is 11.8 Å². The molecule has 0 radical (unpaired) electrons. The van der Waals surface area contributed by atoms with Crippen LogP contribution in [0.4, 0.5) is 0 Å². The summed E-state index contributed by atoms with van der Waals surface area (Å²) in [5, 5.41) is 6.37. The van der Waals surface area contributed by atoms with Crippen molar-refractivity contribution in [3.63, 3.8) is 0 Å². The molecule has 6 heteroatoms. The van der Waals surface area contributed by atoms with Crippen molar-refractivity contribution in [3.05, 3.63) is 0 Å². The molecule has 0 aromatic carbocycles. The van der Waals surface area contributed by atoms with Crippen LogP contribution in [-0.2, 0) is 9.59 Å². The molecule has 3 aliphatic rings. The molecule has 0 spiro atoms. The predicted molar refractivity (Wildman–Crippen MR) is 87.9 cm³/mol. The Morgan fingerprint density at radius 1 is 1.09 bits per heavy atom. The van der Waals surface area contributed by atoms with Crippen LogP contribution in [0.1, 0.15) is 38.5 Å². The lowest BCUT2D eigenvalue weighted by Gasteiger charge is -2.35. The van der Waals surface area contributed by atoms with Gasteiger partial charge in [0.15, 0.2) is 0 Å². The SMILES string of the molecule is Cl.O=C(NCC1CC1)C1CCCN(C(=O)C2CCCNC2)C1. The summed E-state index contributed by atoms with van der Waals surface area (Å²) in [6, 6.07) is 0. The van der Waals surface area contributed by atoms with Crippen molar-refractivity contribution in [2.24, 2.45) is 17.8 Å².